The standard InChI is InChI=1S/C18H26N2O4/c1-11-7-5-9-15(12(11)2)20-16(21)13(3)24-18(22)14-8-6-10-19-17(14)23-4/h6,8,10-13,15H,5,7,9H2,1-4H3,(H,20,21)/t11-,12-,13-,15-/m1/s1. The molecule has 6 heteroatoms. The number of carbonyl (C=O) groups is 2. The van der Waals surface area contributed by atoms with Crippen molar-refractivity contribution in [3.63, 3.8) is 0 Å². The van der Waals surface area contributed by atoms with E-state index in [0.29, 0.717) is 11.8 Å². The molecule has 1 saturated carbocycles. The minimum atomic E-state index is -0.869. The summed E-state index contributed by atoms with van der Waals surface area (Å²) in [5.41, 5.74) is 0.208. The highest BCUT2D eigenvalue weighted by atomic mass is 16.5. The maximum atomic E-state index is 12.3. The van der Waals surface area contributed by atoms with Crippen LogP contribution in [0.15, 0.2) is 18.3 Å². The number of carbonyl (C=O) groups excluding carboxylic acids is 2. The number of nitrogens with one attached hydrogen (secondary N) is 1. The number of amides is 1. The monoisotopic (exact) mass is 334 g/mol. The molecular formula is C18H26N2O4. The van der Waals surface area contributed by atoms with Gasteiger partial charge in [0.25, 0.3) is 5.91 Å². The van der Waals surface area contributed by atoms with Crippen molar-refractivity contribution < 1.29 is 19.1 Å². The van der Waals surface area contributed by atoms with Crippen LogP contribution in [0.5, 0.6) is 5.88 Å². The zero-order valence-corrected chi connectivity index (χ0v) is 14.7. The van der Waals surface area contributed by atoms with Gasteiger partial charge in [-0.25, -0.2) is 9.78 Å². The zero-order chi connectivity index (χ0) is 17.7. The summed E-state index contributed by atoms with van der Waals surface area (Å²) in [4.78, 5) is 28.5. The average molecular weight is 334 g/mol. The molecule has 2 rings (SSSR count). The lowest BCUT2D eigenvalue weighted by Gasteiger charge is -2.35. The van der Waals surface area contributed by atoms with Crippen LogP contribution < -0.4 is 10.1 Å². The summed E-state index contributed by atoms with van der Waals surface area (Å²) in [6, 6.07) is 3.31. The van der Waals surface area contributed by atoms with Crippen molar-refractivity contribution in [1.82, 2.24) is 10.3 Å². The number of hydrogen-bond donors (Lipinski definition) is 1. The number of nitrogens with zero attached hydrogens (tertiary/aromatic N) is 1. The molecule has 0 radical (unpaired) electrons. The molecule has 1 aliphatic carbocycles. The van der Waals surface area contributed by atoms with Crippen molar-refractivity contribution in [3.8, 4) is 5.88 Å². The molecule has 1 heterocycles. The molecule has 132 valence electrons. The smallest absolute Gasteiger partial charge is 0.344 e. The molecule has 6 nitrogen and oxygen atoms in total. The van der Waals surface area contributed by atoms with E-state index >= 15 is 0 Å². The largest absolute Gasteiger partial charge is 0.480 e. The van der Waals surface area contributed by atoms with Crippen LogP contribution in [0.4, 0.5) is 0 Å². The van der Waals surface area contributed by atoms with Crippen LogP contribution in [0.1, 0.15) is 50.4 Å². The fourth-order valence-corrected chi connectivity index (χ4v) is 3.07. The van der Waals surface area contributed by atoms with Gasteiger partial charge in [0.1, 0.15) is 5.56 Å². The van der Waals surface area contributed by atoms with E-state index in [4.69, 9.17) is 9.47 Å². The Morgan fingerprint density at radius 2 is 2.08 bits per heavy atom. The van der Waals surface area contributed by atoms with Crippen LogP contribution in [0.25, 0.3) is 0 Å². The molecule has 1 fully saturated rings. The number of methoxy groups -OCH3 is 1. The van der Waals surface area contributed by atoms with Gasteiger partial charge in [-0.2, -0.15) is 0 Å². The molecule has 0 unspecified atom stereocenters. The first-order valence-corrected chi connectivity index (χ1v) is 8.44. The molecule has 1 aromatic heterocycles. The molecule has 1 aliphatic rings. The van der Waals surface area contributed by atoms with Gasteiger partial charge in [0.05, 0.1) is 7.11 Å². The minimum absolute atomic E-state index is 0.135. The molecular weight excluding hydrogens is 308 g/mol. The molecule has 24 heavy (non-hydrogen) atoms. The molecule has 1 aromatic rings. The fraction of sp³-hybridized carbons (Fsp3) is 0.611. The molecule has 0 bridgehead atoms. The van der Waals surface area contributed by atoms with Crippen molar-refractivity contribution in [2.24, 2.45) is 11.8 Å². The third-order valence-corrected chi connectivity index (χ3v) is 4.87. The van der Waals surface area contributed by atoms with E-state index in [1.807, 2.05) is 0 Å². The Morgan fingerprint density at radius 3 is 2.79 bits per heavy atom. The first-order valence-electron chi connectivity index (χ1n) is 8.44. The van der Waals surface area contributed by atoms with Crippen molar-refractivity contribution in [2.45, 2.75) is 52.2 Å². The van der Waals surface area contributed by atoms with Crippen molar-refractivity contribution in [2.75, 3.05) is 7.11 Å². The van der Waals surface area contributed by atoms with E-state index in [1.54, 1.807) is 19.1 Å². The minimum Gasteiger partial charge on any atom is -0.480 e. The summed E-state index contributed by atoms with van der Waals surface area (Å²) in [6.07, 6.45) is 3.93. The van der Waals surface area contributed by atoms with Crippen LogP contribution in [0.3, 0.4) is 0 Å². The number of rotatable bonds is 5. The van der Waals surface area contributed by atoms with Crippen LogP contribution in [-0.2, 0) is 9.53 Å². The second-order valence-electron chi connectivity index (χ2n) is 6.49. The van der Waals surface area contributed by atoms with Gasteiger partial charge < -0.3 is 14.8 Å². The second kappa shape index (κ2) is 8.13. The number of esters is 1. The van der Waals surface area contributed by atoms with E-state index in [1.165, 1.54) is 19.7 Å². The number of ether oxygens (including phenoxy) is 2. The third kappa shape index (κ3) is 4.24. The lowest BCUT2D eigenvalue weighted by molar-refractivity contribution is -0.130. The van der Waals surface area contributed by atoms with Crippen LogP contribution in [0.2, 0.25) is 0 Å². The average Bonchev–Trinajstić information content (AvgIpc) is 2.58. The van der Waals surface area contributed by atoms with E-state index in [2.05, 4.69) is 24.1 Å². The molecule has 1 amide bonds. The maximum Gasteiger partial charge on any atom is 0.344 e. The Hall–Kier alpha value is -2.11. The van der Waals surface area contributed by atoms with Gasteiger partial charge in [0.2, 0.25) is 5.88 Å². The summed E-state index contributed by atoms with van der Waals surface area (Å²) in [5.74, 6) is 0.306. The summed E-state index contributed by atoms with van der Waals surface area (Å²) in [6.45, 7) is 5.94. The molecule has 0 spiro atoms. The number of pyridine rings is 1. The summed E-state index contributed by atoms with van der Waals surface area (Å²) in [5, 5.41) is 3.02. The Morgan fingerprint density at radius 1 is 1.33 bits per heavy atom. The highest BCUT2D eigenvalue weighted by Crippen LogP contribution is 2.29. The van der Waals surface area contributed by atoms with E-state index < -0.39 is 12.1 Å². The Bertz CT molecular complexity index is 590. The summed E-state index contributed by atoms with van der Waals surface area (Å²) in [7, 11) is 1.43. The third-order valence-electron chi connectivity index (χ3n) is 4.87. The summed E-state index contributed by atoms with van der Waals surface area (Å²) < 4.78 is 10.3. The predicted octanol–water partition coefficient (Wildman–Crippen LogP) is 2.58. The van der Waals surface area contributed by atoms with Crippen LogP contribution in [-0.4, -0.2) is 36.1 Å². The van der Waals surface area contributed by atoms with Crippen molar-refractivity contribution in [1.29, 1.82) is 0 Å². The highest BCUT2D eigenvalue weighted by Gasteiger charge is 2.30. The SMILES string of the molecule is COc1ncccc1C(=O)O[C@H](C)C(=O)N[C@@H]1CCC[C@@H](C)[C@H]1C. The van der Waals surface area contributed by atoms with Crippen LogP contribution in [0, 0.1) is 11.8 Å². The lowest BCUT2D eigenvalue weighted by Crippen LogP contribution is -2.47. The number of hydrogen-bond acceptors (Lipinski definition) is 5. The maximum absolute atomic E-state index is 12.3. The fourth-order valence-electron chi connectivity index (χ4n) is 3.07. The van der Waals surface area contributed by atoms with Gasteiger partial charge in [0.15, 0.2) is 6.10 Å². The van der Waals surface area contributed by atoms with Gasteiger partial charge in [0, 0.05) is 12.2 Å². The Kier molecular flexibility index (Phi) is 6.17. The lowest BCUT2D eigenvalue weighted by atomic mass is 9.78. The van der Waals surface area contributed by atoms with E-state index in [0.717, 1.165) is 12.8 Å². The Labute approximate surface area is 142 Å². The topological polar surface area (TPSA) is 77.5 Å². The van der Waals surface area contributed by atoms with Gasteiger partial charge >= 0.3 is 5.97 Å². The first kappa shape index (κ1) is 18.2. The van der Waals surface area contributed by atoms with Crippen molar-refractivity contribution >= 4 is 11.9 Å². The van der Waals surface area contributed by atoms with E-state index in [-0.39, 0.29) is 23.4 Å². The Balaban J connectivity index is 1.95. The number of aromatic nitrogens is 1. The van der Waals surface area contributed by atoms with Crippen LogP contribution >= 0.6 is 0 Å². The summed E-state index contributed by atoms with van der Waals surface area (Å²) >= 11 is 0. The second-order valence-corrected chi connectivity index (χ2v) is 6.49. The first-order chi connectivity index (χ1) is 11.4. The predicted molar refractivity (Wildman–Crippen MR) is 89.8 cm³/mol. The quantitative estimate of drug-likeness (QED) is 0.838. The van der Waals surface area contributed by atoms with Gasteiger partial charge in [-0.05, 0) is 37.3 Å². The van der Waals surface area contributed by atoms with Crippen molar-refractivity contribution in [3.05, 3.63) is 23.9 Å². The zero-order valence-electron chi connectivity index (χ0n) is 14.7. The van der Waals surface area contributed by atoms with Gasteiger partial charge in [-0.3, -0.25) is 4.79 Å². The normalized spacial score (nSPS) is 24.8. The molecule has 4 atom stereocenters. The molecule has 0 saturated heterocycles. The highest BCUT2D eigenvalue weighted by molar-refractivity contribution is 5.94. The van der Waals surface area contributed by atoms with E-state index in [9.17, 15) is 9.59 Å². The molecule has 0 aliphatic heterocycles. The van der Waals surface area contributed by atoms with Gasteiger partial charge in [-0.15, -0.1) is 0 Å². The van der Waals surface area contributed by atoms with Gasteiger partial charge in [-0.1, -0.05) is 26.7 Å². The molecule has 0 aromatic carbocycles. The molecule has 1 N–H and O–H groups in total.